The molecule has 1 saturated carbocycles. The Morgan fingerprint density at radius 2 is 1.90 bits per heavy atom. The van der Waals surface area contributed by atoms with Crippen molar-refractivity contribution in [1.82, 2.24) is 20.2 Å². The van der Waals surface area contributed by atoms with Crippen LogP contribution < -0.4 is 5.32 Å². The van der Waals surface area contributed by atoms with E-state index in [9.17, 15) is 27.2 Å². The minimum absolute atomic E-state index is 0.0367. The van der Waals surface area contributed by atoms with Gasteiger partial charge in [-0.2, -0.15) is 13.2 Å². The standard InChI is InChI=1S/C19H20F4N4O2/c1-10(17(29)27-6-4-18(2-3-18)5-7-27)25-16(28)12-8-11-13(26-12)9-24-15(14(11)20)19(21,22)23/h8-10,26H,2-7H2,1H3,(H,25,28)/t10-/m1/s1. The molecule has 6 nitrogen and oxygen atoms in total. The summed E-state index contributed by atoms with van der Waals surface area (Å²) in [5.74, 6) is -2.46. The van der Waals surface area contributed by atoms with E-state index in [0.29, 0.717) is 18.5 Å². The van der Waals surface area contributed by atoms with Gasteiger partial charge in [0, 0.05) is 18.5 Å². The number of aromatic amines is 1. The van der Waals surface area contributed by atoms with Gasteiger partial charge in [0.05, 0.1) is 11.7 Å². The fourth-order valence-corrected chi connectivity index (χ4v) is 3.88. The van der Waals surface area contributed by atoms with Crippen LogP contribution in [0.5, 0.6) is 0 Å². The van der Waals surface area contributed by atoms with Crippen molar-refractivity contribution in [3.63, 3.8) is 0 Å². The molecular formula is C19H20F4N4O2. The highest BCUT2D eigenvalue weighted by Crippen LogP contribution is 2.53. The van der Waals surface area contributed by atoms with Crippen LogP contribution in [0.4, 0.5) is 17.6 Å². The molecule has 156 valence electrons. The number of halogens is 4. The molecular weight excluding hydrogens is 392 g/mol. The maximum absolute atomic E-state index is 14.1. The van der Waals surface area contributed by atoms with Gasteiger partial charge in [0.15, 0.2) is 11.5 Å². The fourth-order valence-electron chi connectivity index (χ4n) is 3.88. The lowest BCUT2D eigenvalue weighted by atomic mass is 9.93. The molecule has 1 aliphatic heterocycles. The second-order valence-corrected chi connectivity index (χ2v) is 7.95. The number of carbonyl (C=O) groups is 2. The van der Waals surface area contributed by atoms with E-state index in [2.05, 4.69) is 15.3 Å². The summed E-state index contributed by atoms with van der Waals surface area (Å²) in [6.07, 6.45) is 0.247. The Bertz CT molecular complexity index is 970. The SMILES string of the molecule is C[C@@H](NC(=O)c1cc2c(F)c(C(F)(F)F)ncc2[nH]1)C(=O)N1CCC2(CC1)CC2. The summed E-state index contributed by atoms with van der Waals surface area (Å²) in [4.78, 5) is 32.4. The number of nitrogens with zero attached hydrogens (tertiary/aromatic N) is 2. The Labute approximate surface area is 163 Å². The number of likely N-dealkylation sites (tertiary alicyclic amines) is 1. The van der Waals surface area contributed by atoms with Crippen molar-refractivity contribution >= 4 is 22.7 Å². The van der Waals surface area contributed by atoms with Crippen molar-refractivity contribution in [3.05, 3.63) is 29.5 Å². The number of rotatable bonds is 3. The average Bonchev–Trinajstić information content (AvgIpc) is 3.25. The van der Waals surface area contributed by atoms with Crippen molar-refractivity contribution in [1.29, 1.82) is 0 Å². The molecule has 2 aromatic rings. The summed E-state index contributed by atoms with van der Waals surface area (Å²) < 4.78 is 52.5. The first kappa shape index (κ1) is 19.7. The molecule has 1 saturated heterocycles. The second-order valence-electron chi connectivity index (χ2n) is 7.95. The predicted molar refractivity (Wildman–Crippen MR) is 95.5 cm³/mol. The Hall–Kier alpha value is -2.65. The maximum atomic E-state index is 14.1. The van der Waals surface area contributed by atoms with Gasteiger partial charge in [-0.25, -0.2) is 9.37 Å². The van der Waals surface area contributed by atoms with Gasteiger partial charge < -0.3 is 15.2 Å². The Morgan fingerprint density at radius 3 is 2.48 bits per heavy atom. The van der Waals surface area contributed by atoms with Crippen LogP contribution in [0.1, 0.15) is 48.8 Å². The molecule has 1 atom stereocenters. The summed E-state index contributed by atoms with van der Waals surface area (Å²) in [7, 11) is 0. The molecule has 4 rings (SSSR count). The van der Waals surface area contributed by atoms with Crippen molar-refractivity contribution in [2.24, 2.45) is 5.41 Å². The van der Waals surface area contributed by atoms with E-state index in [1.807, 2.05) is 0 Å². The lowest BCUT2D eigenvalue weighted by molar-refractivity contribution is -0.143. The summed E-state index contributed by atoms with van der Waals surface area (Å²) in [5.41, 5.74) is -1.40. The van der Waals surface area contributed by atoms with Crippen LogP contribution in [-0.4, -0.2) is 45.8 Å². The first-order valence-electron chi connectivity index (χ1n) is 9.44. The number of amides is 2. The van der Waals surface area contributed by atoms with E-state index < -0.39 is 29.6 Å². The Morgan fingerprint density at radius 1 is 1.24 bits per heavy atom. The molecule has 0 bridgehead atoms. The van der Waals surface area contributed by atoms with Gasteiger partial charge in [-0.05, 0) is 44.1 Å². The third-order valence-electron chi connectivity index (χ3n) is 5.94. The number of carbonyl (C=O) groups excluding carboxylic acids is 2. The van der Waals surface area contributed by atoms with Crippen LogP contribution in [0.15, 0.2) is 12.3 Å². The number of piperidine rings is 1. The summed E-state index contributed by atoms with van der Waals surface area (Å²) in [6, 6.07) is 0.183. The largest absolute Gasteiger partial charge is 0.436 e. The van der Waals surface area contributed by atoms with Crippen molar-refractivity contribution in [3.8, 4) is 0 Å². The van der Waals surface area contributed by atoms with Crippen LogP contribution in [0.25, 0.3) is 10.9 Å². The fraction of sp³-hybridized carbons (Fsp3) is 0.526. The van der Waals surface area contributed by atoms with Gasteiger partial charge in [0.1, 0.15) is 11.7 Å². The maximum Gasteiger partial charge on any atom is 0.436 e. The van der Waals surface area contributed by atoms with Crippen molar-refractivity contribution in [2.75, 3.05) is 13.1 Å². The lowest BCUT2D eigenvalue weighted by Crippen LogP contribution is -2.49. The van der Waals surface area contributed by atoms with Crippen LogP contribution in [0.2, 0.25) is 0 Å². The Kier molecular flexibility index (Phi) is 4.54. The zero-order valence-corrected chi connectivity index (χ0v) is 15.7. The highest BCUT2D eigenvalue weighted by Gasteiger charge is 2.45. The number of nitrogens with one attached hydrogen (secondary N) is 2. The normalized spacial score (nSPS) is 19.4. The smallest absolute Gasteiger partial charge is 0.349 e. The highest BCUT2D eigenvalue weighted by atomic mass is 19.4. The van der Waals surface area contributed by atoms with E-state index >= 15 is 0 Å². The molecule has 0 radical (unpaired) electrons. The van der Waals surface area contributed by atoms with Gasteiger partial charge >= 0.3 is 6.18 Å². The van der Waals surface area contributed by atoms with Crippen LogP contribution >= 0.6 is 0 Å². The number of hydrogen-bond donors (Lipinski definition) is 2. The van der Waals surface area contributed by atoms with Crippen molar-refractivity contribution < 1.29 is 27.2 Å². The monoisotopic (exact) mass is 412 g/mol. The summed E-state index contributed by atoms with van der Waals surface area (Å²) in [6.45, 7) is 2.86. The average molecular weight is 412 g/mol. The van der Waals surface area contributed by atoms with E-state index in [1.165, 1.54) is 12.8 Å². The molecule has 2 aromatic heterocycles. The summed E-state index contributed by atoms with van der Waals surface area (Å²) >= 11 is 0. The van der Waals surface area contributed by atoms with Gasteiger partial charge in [-0.15, -0.1) is 0 Å². The lowest BCUT2D eigenvalue weighted by Gasteiger charge is -2.33. The van der Waals surface area contributed by atoms with Gasteiger partial charge in [-0.3, -0.25) is 9.59 Å². The second kappa shape index (κ2) is 6.70. The number of pyridine rings is 1. The van der Waals surface area contributed by atoms with E-state index in [4.69, 9.17) is 0 Å². The van der Waals surface area contributed by atoms with E-state index in [1.54, 1.807) is 11.8 Å². The molecule has 2 N–H and O–H groups in total. The summed E-state index contributed by atoms with van der Waals surface area (Å²) in [5, 5.41) is 2.14. The van der Waals surface area contributed by atoms with Crippen LogP contribution in [-0.2, 0) is 11.0 Å². The minimum atomic E-state index is -4.94. The number of H-pyrrole nitrogens is 1. The molecule has 29 heavy (non-hydrogen) atoms. The third kappa shape index (κ3) is 3.67. The molecule has 3 heterocycles. The molecule has 1 aliphatic carbocycles. The molecule has 2 fully saturated rings. The quantitative estimate of drug-likeness (QED) is 0.760. The van der Waals surface area contributed by atoms with Crippen molar-refractivity contribution in [2.45, 2.75) is 44.8 Å². The van der Waals surface area contributed by atoms with Gasteiger partial charge in [0.25, 0.3) is 5.91 Å². The zero-order valence-electron chi connectivity index (χ0n) is 15.7. The Balaban J connectivity index is 1.45. The number of alkyl halides is 3. The first-order chi connectivity index (χ1) is 13.6. The third-order valence-corrected chi connectivity index (χ3v) is 5.94. The van der Waals surface area contributed by atoms with E-state index in [0.717, 1.165) is 25.1 Å². The number of aromatic nitrogens is 2. The van der Waals surface area contributed by atoms with Gasteiger partial charge in [-0.1, -0.05) is 0 Å². The first-order valence-corrected chi connectivity index (χ1v) is 9.44. The van der Waals surface area contributed by atoms with Crippen LogP contribution in [0, 0.1) is 11.2 Å². The predicted octanol–water partition coefficient (Wildman–Crippen LogP) is 3.24. The number of fused-ring (bicyclic) bond motifs is 1. The molecule has 0 aromatic carbocycles. The topological polar surface area (TPSA) is 78.1 Å². The van der Waals surface area contributed by atoms with Gasteiger partial charge in [0.2, 0.25) is 5.91 Å². The minimum Gasteiger partial charge on any atom is -0.349 e. The zero-order chi connectivity index (χ0) is 21.0. The highest BCUT2D eigenvalue weighted by molar-refractivity contribution is 6.00. The molecule has 2 amide bonds. The molecule has 2 aliphatic rings. The molecule has 10 heteroatoms. The van der Waals surface area contributed by atoms with E-state index in [-0.39, 0.29) is 22.5 Å². The molecule has 0 unspecified atom stereocenters. The number of hydrogen-bond acceptors (Lipinski definition) is 3. The van der Waals surface area contributed by atoms with Crippen LogP contribution in [0.3, 0.4) is 0 Å². The molecule has 1 spiro atoms.